The van der Waals surface area contributed by atoms with Crippen molar-refractivity contribution in [1.29, 1.82) is 0 Å². The van der Waals surface area contributed by atoms with Gasteiger partial charge in [0.2, 0.25) is 6.41 Å². The summed E-state index contributed by atoms with van der Waals surface area (Å²) in [5.74, 6) is 0.0819. The summed E-state index contributed by atoms with van der Waals surface area (Å²) < 4.78 is 0. The number of carbonyl (C=O) groups excluding carboxylic acids is 1. The molecule has 0 bridgehead atoms. The number of carbonyl (C=O) groups is 1. The smallest absolute Gasteiger partial charge is 0.269 e. The molecule has 1 unspecified atom stereocenters. The Morgan fingerprint density at radius 2 is 1.90 bits per heavy atom. The molecule has 2 aromatic rings. The van der Waals surface area contributed by atoms with Gasteiger partial charge < -0.3 is 5.32 Å². The van der Waals surface area contributed by atoms with E-state index in [1.165, 1.54) is 6.07 Å². The van der Waals surface area contributed by atoms with E-state index in [0.717, 1.165) is 11.1 Å². The van der Waals surface area contributed by atoms with Gasteiger partial charge in [0.15, 0.2) is 0 Å². The monoisotopic (exact) mass is 284 g/mol. The highest BCUT2D eigenvalue weighted by molar-refractivity contribution is 5.46. The van der Waals surface area contributed by atoms with E-state index in [2.05, 4.69) is 5.32 Å². The van der Waals surface area contributed by atoms with Crippen molar-refractivity contribution in [2.24, 2.45) is 0 Å². The van der Waals surface area contributed by atoms with Crippen LogP contribution in [0, 0.1) is 10.1 Å². The summed E-state index contributed by atoms with van der Waals surface area (Å²) in [4.78, 5) is 21.0. The third-order valence-electron chi connectivity index (χ3n) is 3.32. The first-order chi connectivity index (χ1) is 10.2. The van der Waals surface area contributed by atoms with Gasteiger partial charge >= 0.3 is 0 Å². The SMILES string of the molecule is O=CNCC(Cc1cccc([N+](=O)[O-])c1)c1ccccc1. The van der Waals surface area contributed by atoms with Crippen LogP contribution in [0.1, 0.15) is 17.0 Å². The molecule has 108 valence electrons. The first kappa shape index (κ1) is 14.7. The van der Waals surface area contributed by atoms with Gasteiger partial charge in [-0.25, -0.2) is 0 Å². The van der Waals surface area contributed by atoms with Gasteiger partial charge in [-0.1, -0.05) is 42.5 Å². The Balaban J connectivity index is 2.20. The summed E-state index contributed by atoms with van der Waals surface area (Å²) in [6.07, 6.45) is 1.30. The molecular formula is C16H16N2O3. The first-order valence-corrected chi connectivity index (χ1v) is 6.66. The van der Waals surface area contributed by atoms with E-state index in [4.69, 9.17) is 0 Å². The van der Waals surface area contributed by atoms with Gasteiger partial charge in [-0.2, -0.15) is 0 Å². The van der Waals surface area contributed by atoms with Crippen molar-refractivity contribution >= 4 is 12.1 Å². The average Bonchev–Trinajstić information content (AvgIpc) is 2.52. The number of hydrogen-bond acceptors (Lipinski definition) is 3. The molecule has 0 aliphatic carbocycles. The van der Waals surface area contributed by atoms with Crippen LogP contribution in [0.5, 0.6) is 0 Å². The quantitative estimate of drug-likeness (QED) is 0.482. The molecule has 0 aliphatic rings. The number of nitrogens with one attached hydrogen (secondary N) is 1. The Bertz CT molecular complexity index is 614. The highest BCUT2D eigenvalue weighted by atomic mass is 16.6. The van der Waals surface area contributed by atoms with Crippen LogP contribution in [0.15, 0.2) is 54.6 Å². The van der Waals surface area contributed by atoms with Crippen LogP contribution in [-0.4, -0.2) is 17.9 Å². The highest BCUT2D eigenvalue weighted by Gasteiger charge is 2.14. The zero-order valence-corrected chi connectivity index (χ0v) is 11.4. The van der Waals surface area contributed by atoms with Crippen molar-refractivity contribution in [2.45, 2.75) is 12.3 Å². The molecule has 5 nitrogen and oxygen atoms in total. The van der Waals surface area contributed by atoms with Gasteiger partial charge in [-0.3, -0.25) is 14.9 Å². The Kier molecular flexibility index (Phi) is 5.04. The normalized spacial score (nSPS) is 11.6. The predicted octanol–water partition coefficient (Wildman–Crippen LogP) is 2.67. The fraction of sp³-hybridized carbons (Fsp3) is 0.188. The van der Waals surface area contributed by atoms with Gasteiger partial charge in [0, 0.05) is 24.6 Å². The van der Waals surface area contributed by atoms with Crippen molar-refractivity contribution in [1.82, 2.24) is 5.32 Å². The lowest BCUT2D eigenvalue weighted by Crippen LogP contribution is -2.21. The van der Waals surface area contributed by atoms with E-state index in [1.54, 1.807) is 12.1 Å². The molecule has 2 rings (SSSR count). The van der Waals surface area contributed by atoms with Gasteiger partial charge in [0.1, 0.15) is 0 Å². The average molecular weight is 284 g/mol. The van der Waals surface area contributed by atoms with Crippen LogP contribution in [0.2, 0.25) is 0 Å². The van der Waals surface area contributed by atoms with E-state index in [0.29, 0.717) is 19.4 Å². The zero-order valence-electron chi connectivity index (χ0n) is 11.4. The Hall–Kier alpha value is -2.69. The molecule has 0 aliphatic heterocycles. The number of hydrogen-bond donors (Lipinski definition) is 1. The lowest BCUT2D eigenvalue weighted by atomic mass is 9.92. The van der Waals surface area contributed by atoms with Crippen molar-refractivity contribution in [3.8, 4) is 0 Å². The number of non-ortho nitro benzene ring substituents is 1. The number of nitrogens with zero attached hydrogens (tertiary/aromatic N) is 1. The van der Waals surface area contributed by atoms with Crippen LogP contribution in [0.25, 0.3) is 0 Å². The molecule has 21 heavy (non-hydrogen) atoms. The maximum Gasteiger partial charge on any atom is 0.269 e. The van der Waals surface area contributed by atoms with Gasteiger partial charge in [0.25, 0.3) is 5.69 Å². The summed E-state index contributed by atoms with van der Waals surface area (Å²) in [5, 5.41) is 13.5. The molecule has 1 atom stereocenters. The van der Waals surface area contributed by atoms with Gasteiger partial charge in [-0.05, 0) is 17.5 Å². The number of rotatable bonds is 7. The van der Waals surface area contributed by atoms with Crippen LogP contribution in [0.4, 0.5) is 5.69 Å². The number of nitro benzene ring substituents is 1. The fourth-order valence-electron chi connectivity index (χ4n) is 2.30. The minimum absolute atomic E-state index is 0.0819. The van der Waals surface area contributed by atoms with E-state index in [-0.39, 0.29) is 11.6 Å². The van der Waals surface area contributed by atoms with E-state index in [1.807, 2.05) is 36.4 Å². The lowest BCUT2D eigenvalue weighted by molar-refractivity contribution is -0.384. The lowest BCUT2D eigenvalue weighted by Gasteiger charge is -2.17. The second-order valence-electron chi connectivity index (χ2n) is 4.76. The molecule has 0 heterocycles. The van der Waals surface area contributed by atoms with Crippen molar-refractivity contribution in [3.63, 3.8) is 0 Å². The number of amides is 1. The van der Waals surface area contributed by atoms with E-state index in [9.17, 15) is 14.9 Å². The molecule has 0 spiro atoms. The van der Waals surface area contributed by atoms with Crippen molar-refractivity contribution < 1.29 is 9.72 Å². The standard InChI is InChI=1S/C16H16N2O3/c19-12-17-11-15(14-6-2-1-3-7-14)9-13-5-4-8-16(10-13)18(20)21/h1-8,10,12,15H,9,11H2,(H,17,19). The minimum Gasteiger partial charge on any atom is -0.358 e. The summed E-state index contributed by atoms with van der Waals surface area (Å²) in [5.41, 5.74) is 2.06. The third kappa shape index (κ3) is 4.14. The molecule has 0 fully saturated rings. The zero-order chi connectivity index (χ0) is 15.1. The fourth-order valence-corrected chi connectivity index (χ4v) is 2.30. The first-order valence-electron chi connectivity index (χ1n) is 6.66. The summed E-state index contributed by atoms with van der Waals surface area (Å²) >= 11 is 0. The predicted molar refractivity (Wildman–Crippen MR) is 80.1 cm³/mol. The van der Waals surface area contributed by atoms with E-state index < -0.39 is 4.92 Å². The summed E-state index contributed by atoms with van der Waals surface area (Å²) in [6.45, 7) is 0.496. The van der Waals surface area contributed by atoms with Gasteiger partial charge in [-0.15, -0.1) is 0 Å². The second-order valence-corrected chi connectivity index (χ2v) is 4.76. The van der Waals surface area contributed by atoms with Crippen molar-refractivity contribution in [3.05, 3.63) is 75.8 Å². The van der Waals surface area contributed by atoms with Crippen LogP contribution >= 0.6 is 0 Å². The molecular weight excluding hydrogens is 268 g/mol. The van der Waals surface area contributed by atoms with Gasteiger partial charge in [0.05, 0.1) is 4.92 Å². The Morgan fingerprint density at radius 1 is 1.14 bits per heavy atom. The van der Waals surface area contributed by atoms with E-state index >= 15 is 0 Å². The largest absolute Gasteiger partial charge is 0.358 e. The Labute approximate surface area is 122 Å². The molecule has 2 aromatic carbocycles. The summed E-state index contributed by atoms with van der Waals surface area (Å²) in [6, 6.07) is 16.4. The molecule has 0 saturated heterocycles. The number of benzene rings is 2. The maximum atomic E-state index is 10.8. The number of nitro groups is 1. The van der Waals surface area contributed by atoms with Crippen LogP contribution < -0.4 is 5.32 Å². The van der Waals surface area contributed by atoms with Crippen LogP contribution in [0.3, 0.4) is 0 Å². The summed E-state index contributed by atoms with van der Waals surface area (Å²) in [7, 11) is 0. The maximum absolute atomic E-state index is 10.8. The molecule has 0 aromatic heterocycles. The minimum atomic E-state index is -0.398. The topological polar surface area (TPSA) is 72.2 Å². The molecule has 5 heteroatoms. The Morgan fingerprint density at radius 3 is 2.57 bits per heavy atom. The molecule has 1 amide bonds. The molecule has 0 radical (unpaired) electrons. The highest BCUT2D eigenvalue weighted by Crippen LogP contribution is 2.22. The third-order valence-corrected chi connectivity index (χ3v) is 3.32. The second kappa shape index (κ2) is 7.19. The molecule has 1 N–H and O–H groups in total. The molecule has 0 saturated carbocycles. The van der Waals surface area contributed by atoms with Crippen LogP contribution in [-0.2, 0) is 11.2 Å². The van der Waals surface area contributed by atoms with Crippen molar-refractivity contribution in [2.75, 3.05) is 6.54 Å².